The van der Waals surface area contributed by atoms with Gasteiger partial charge in [-0.15, -0.1) is 29.9 Å². The number of aliphatic hydroxyl groups is 2. The lowest BCUT2D eigenvalue weighted by molar-refractivity contribution is -0.139. The summed E-state index contributed by atoms with van der Waals surface area (Å²) in [4.78, 5) is 72.5. The predicted octanol–water partition coefficient (Wildman–Crippen LogP) is 19.9. The summed E-state index contributed by atoms with van der Waals surface area (Å²) in [5.74, 6) is 1.91. The summed E-state index contributed by atoms with van der Waals surface area (Å²) in [5, 5.41) is 18.1. The second kappa shape index (κ2) is 54.4. The molecule has 24 heteroatoms. The number of ether oxygens (including phenoxy) is 12. The molecule has 2 heterocycles. The van der Waals surface area contributed by atoms with E-state index in [0.717, 1.165) is 109 Å². The number of hydrogen-bond donors (Lipinski definition) is 2. The van der Waals surface area contributed by atoms with Crippen LogP contribution in [0.15, 0.2) is 194 Å². The van der Waals surface area contributed by atoms with Gasteiger partial charge in [0.1, 0.15) is 34.5 Å². The Morgan fingerprint density at radius 3 is 0.692 bits per heavy atom. The number of hydrogen-bond acceptors (Lipinski definition) is 24. The number of carbonyl (C=O) groups is 4. The first-order valence-electron chi connectivity index (χ1n) is 40.8. The van der Waals surface area contributed by atoms with Crippen molar-refractivity contribution in [3.63, 3.8) is 0 Å². The summed E-state index contributed by atoms with van der Waals surface area (Å²) in [6, 6.07) is 46.2. The molecule has 626 valence electrons. The maximum Gasteiger partial charge on any atom is 0.338 e. The third kappa shape index (κ3) is 37.8. The number of aromatic nitrogens is 6. The molecule has 8 rings (SSSR count). The summed E-state index contributed by atoms with van der Waals surface area (Å²) >= 11 is 0. The number of esters is 4. The Morgan fingerprint density at radius 1 is 0.239 bits per heavy atom. The number of unbranched alkanes of at least 4 members (excludes halogenated alkanes) is 20. The Balaban J connectivity index is 0.000000327. The normalized spacial score (nSPS) is 10.8. The first-order chi connectivity index (χ1) is 56.9. The zero-order valence-corrected chi connectivity index (χ0v) is 68.5. The fourth-order valence-corrected chi connectivity index (χ4v) is 11.3. The summed E-state index contributed by atoms with van der Waals surface area (Å²) in [6.45, 7) is 24.5. The average molecular weight is 1610 g/mol. The van der Waals surface area contributed by atoms with E-state index < -0.39 is 23.9 Å². The minimum absolute atomic E-state index is 0.0538. The van der Waals surface area contributed by atoms with Crippen molar-refractivity contribution in [3.05, 3.63) is 194 Å². The monoisotopic (exact) mass is 1600 g/mol. The Morgan fingerprint density at radius 2 is 0.444 bits per heavy atom. The number of carbonyl (C=O) groups excluding carboxylic acids is 4. The lowest BCUT2D eigenvalue weighted by atomic mass is 10.1. The Hall–Kier alpha value is -11.5. The summed E-state index contributed by atoms with van der Waals surface area (Å²) in [6.07, 6.45) is 25.7. The van der Waals surface area contributed by atoms with Gasteiger partial charge in [-0.3, -0.25) is 0 Å². The number of benzene rings is 6. The van der Waals surface area contributed by atoms with Crippen molar-refractivity contribution in [2.75, 3.05) is 66.1 Å². The van der Waals surface area contributed by atoms with E-state index >= 15 is 0 Å². The zero-order valence-electron chi connectivity index (χ0n) is 68.5. The van der Waals surface area contributed by atoms with Crippen LogP contribution in [0.1, 0.15) is 188 Å². The van der Waals surface area contributed by atoms with E-state index in [-0.39, 0.29) is 62.5 Å². The molecule has 117 heavy (non-hydrogen) atoms. The molecule has 2 aromatic heterocycles. The van der Waals surface area contributed by atoms with E-state index in [1.165, 1.54) is 64.2 Å². The van der Waals surface area contributed by atoms with E-state index in [1.54, 1.807) is 64.1 Å². The number of aliphatic hydroxyl groups excluding tert-OH is 2. The van der Waals surface area contributed by atoms with Gasteiger partial charge in [-0.05, 0) is 185 Å². The molecule has 0 unspecified atom stereocenters. The van der Waals surface area contributed by atoms with Crippen molar-refractivity contribution >= 4 is 23.9 Å². The lowest BCUT2D eigenvalue weighted by Crippen LogP contribution is -2.12. The first kappa shape index (κ1) is 92.7. The van der Waals surface area contributed by atoms with Gasteiger partial charge in [-0.25, -0.2) is 19.2 Å². The highest BCUT2D eigenvalue weighted by Crippen LogP contribution is 2.31. The largest absolute Gasteiger partial charge is 0.494 e. The van der Waals surface area contributed by atoms with Gasteiger partial charge in [0.15, 0.2) is 0 Å². The second-order valence-electron chi connectivity index (χ2n) is 28.3. The minimum atomic E-state index is -0.465. The molecule has 0 atom stereocenters. The molecule has 0 spiro atoms. The van der Waals surface area contributed by atoms with Crippen molar-refractivity contribution in [1.82, 2.24) is 29.9 Å². The van der Waals surface area contributed by atoms with Crippen LogP contribution in [0.2, 0.25) is 0 Å². The topological polar surface area (TPSA) is 297 Å². The van der Waals surface area contributed by atoms with Crippen LogP contribution >= 0.6 is 0 Å². The van der Waals surface area contributed by atoms with Crippen molar-refractivity contribution in [2.45, 2.75) is 188 Å². The van der Waals surface area contributed by atoms with Crippen LogP contribution in [-0.2, 0) is 23.9 Å². The van der Waals surface area contributed by atoms with E-state index in [2.05, 4.69) is 56.2 Å². The third-order valence-corrected chi connectivity index (χ3v) is 17.9. The van der Waals surface area contributed by atoms with Crippen LogP contribution in [0.5, 0.6) is 70.6 Å². The van der Waals surface area contributed by atoms with Crippen molar-refractivity contribution in [3.8, 4) is 104 Å². The van der Waals surface area contributed by atoms with Gasteiger partial charge >= 0.3 is 59.9 Å². The van der Waals surface area contributed by atoms with Crippen LogP contribution in [0.3, 0.4) is 0 Å². The summed E-state index contributed by atoms with van der Waals surface area (Å²) < 4.78 is 67.5. The van der Waals surface area contributed by atoms with Gasteiger partial charge < -0.3 is 67.1 Å². The van der Waals surface area contributed by atoms with E-state index in [0.29, 0.717) is 117 Å². The Kier molecular flexibility index (Phi) is 43.1. The quantitative estimate of drug-likeness (QED) is 0.0155. The van der Waals surface area contributed by atoms with Crippen molar-refractivity contribution < 1.29 is 86.2 Å². The molecule has 0 aliphatic rings. The molecular formula is C93H116N6O18. The summed E-state index contributed by atoms with van der Waals surface area (Å²) in [7, 11) is 0. The summed E-state index contributed by atoms with van der Waals surface area (Å²) in [5.41, 5.74) is 7.48. The van der Waals surface area contributed by atoms with Crippen LogP contribution in [-0.4, -0.2) is 130 Å². The Labute approximate surface area is 689 Å². The van der Waals surface area contributed by atoms with Crippen LogP contribution in [0.4, 0.5) is 0 Å². The maximum atomic E-state index is 11.8. The molecule has 0 radical (unpaired) electrons. The molecule has 6 aromatic carbocycles. The van der Waals surface area contributed by atoms with Crippen LogP contribution < -0.4 is 52.1 Å². The molecule has 0 saturated heterocycles. The predicted molar refractivity (Wildman–Crippen MR) is 451 cm³/mol. The Bertz CT molecular complexity index is 4290. The highest BCUT2D eigenvalue weighted by atomic mass is 16.6. The van der Waals surface area contributed by atoms with Crippen molar-refractivity contribution in [1.29, 1.82) is 0 Å². The van der Waals surface area contributed by atoms with Crippen LogP contribution in [0.25, 0.3) is 33.4 Å². The molecule has 0 aliphatic carbocycles. The average Bonchev–Trinajstić information content (AvgIpc) is 0.845. The molecule has 24 nitrogen and oxygen atoms in total. The molecule has 0 bridgehead atoms. The van der Waals surface area contributed by atoms with Gasteiger partial charge in [0.2, 0.25) is 0 Å². The maximum absolute atomic E-state index is 11.8. The number of rotatable bonds is 57. The molecular weight excluding hydrogens is 1490 g/mol. The van der Waals surface area contributed by atoms with E-state index in [1.807, 2.05) is 109 Å². The van der Waals surface area contributed by atoms with Crippen molar-refractivity contribution in [2.24, 2.45) is 0 Å². The highest BCUT2D eigenvalue weighted by molar-refractivity contribution is 5.90. The molecule has 0 aliphatic heterocycles. The fraction of sp³-hybridized carbons (Fsp3) is 0.419. The SMILES string of the molecule is C=C(C)C(=O)OCCCOc1nc(OCCCCO)nc(OCCCCCCCCCCCCOc2ccc(-c3ccc(OC(=O)C(=C)C)cc3)cc2)n1.C=C(C)C(=O)Oc1ccc(-c2ccc(OCCCCCCCCCCCCOc3nc(OCCCCO)nc(Oc4ccc(-c5ccc(OC(=O)C(=C)C)cc5)cc4)n3)cc2)cc1. The highest BCUT2D eigenvalue weighted by Gasteiger charge is 2.16. The molecule has 2 N–H and O–H groups in total. The molecule has 0 saturated carbocycles. The lowest BCUT2D eigenvalue weighted by Gasteiger charge is -2.10. The standard InChI is InChI=1S/C51H59N3O9.C42H57N3O9/c1-37(2)47(56)61-44-27-19-40(20-28-44)39-17-25-43(26-18-39)58-34-14-11-9-7-5-6-8-10-12-15-35-59-49-52-50(60-36-16-13-33-55)54-51(53-49)63-46-31-23-42(24-32-46)41-21-29-45(30-22-41)62-48(57)38(3)4;1-32(2)38(47)50-30-17-31-53-42-44-40(43-41(45-42)52-29-16-13-26-46)51-28-15-12-10-8-6-5-7-9-11-14-27-49-36-22-18-34(19-23-36)35-20-24-37(25-21-35)54-39(48)33(3)4/h17-32,55H,1,3,5-16,33-36H2,2,4H3;18-25,46H,1,3,5-17,26-31H2,2,4H3. The van der Waals surface area contributed by atoms with Gasteiger partial charge in [0.05, 0.1) is 52.9 Å². The third-order valence-electron chi connectivity index (χ3n) is 17.9. The fourth-order valence-electron chi connectivity index (χ4n) is 11.3. The smallest absolute Gasteiger partial charge is 0.338 e. The van der Waals surface area contributed by atoms with Gasteiger partial charge in [-0.2, -0.15) is 0 Å². The van der Waals surface area contributed by atoms with Crippen LogP contribution in [0, 0.1) is 0 Å². The minimum Gasteiger partial charge on any atom is -0.494 e. The number of nitrogens with zero attached hydrogens (tertiary/aromatic N) is 6. The zero-order chi connectivity index (χ0) is 83.5. The first-order valence-corrected chi connectivity index (χ1v) is 40.8. The second-order valence-corrected chi connectivity index (χ2v) is 28.3. The molecule has 0 fully saturated rings. The molecule has 8 aromatic rings. The van der Waals surface area contributed by atoms with Gasteiger partial charge in [0.25, 0.3) is 0 Å². The molecule has 0 amide bonds. The van der Waals surface area contributed by atoms with Gasteiger partial charge in [-0.1, -0.05) is 202 Å². The van der Waals surface area contributed by atoms with E-state index in [9.17, 15) is 19.2 Å². The van der Waals surface area contributed by atoms with Gasteiger partial charge in [0, 0.05) is 41.9 Å². The van der Waals surface area contributed by atoms with E-state index in [4.69, 9.17) is 67.1 Å².